The first kappa shape index (κ1) is 61.2. The average molecular weight is 952 g/mol. The molecule has 384 valence electrons. The quantitative estimate of drug-likeness (QED) is 0.0174. The van der Waals surface area contributed by atoms with Gasteiger partial charge in [-0.05, 0) is 84.1 Å². The largest absolute Gasteiger partial charge is 0.370 e. The van der Waals surface area contributed by atoms with E-state index in [1.54, 1.807) is 20.8 Å². The van der Waals surface area contributed by atoms with Gasteiger partial charge >= 0.3 is 0 Å². The summed E-state index contributed by atoms with van der Waals surface area (Å²) in [5.74, 6) is -2.84. The van der Waals surface area contributed by atoms with E-state index in [0.29, 0.717) is 103 Å². The van der Waals surface area contributed by atoms with E-state index >= 15 is 0 Å². The van der Waals surface area contributed by atoms with Gasteiger partial charge in [-0.2, -0.15) is 0 Å². The lowest BCUT2D eigenvalue weighted by Crippen LogP contribution is -2.54. The van der Waals surface area contributed by atoms with Gasteiger partial charge in [0.15, 0.2) is 23.7 Å². The van der Waals surface area contributed by atoms with Crippen LogP contribution < -0.4 is 61.8 Å². The topological polar surface area (TPSA) is 411 Å². The van der Waals surface area contributed by atoms with Gasteiger partial charge in [0.2, 0.25) is 35.4 Å². The van der Waals surface area contributed by atoms with Crippen molar-refractivity contribution in [3.05, 3.63) is 0 Å². The van der Waals surface area contributed by atoms with Crippen LogP contribution >= 0.6 is 0 Å². The number of nitrogens with one attached hydrogen (secondary N) is 3. The number of rotatable bonds is 38. The minimum Gasteiger partial charge on any atom is -0.370 e. The fraction of sp³-hybridized carbons (Fsp3) is 0.767. The van der Waals surface area contributed by atoms with Crippen LogP contribution in [0.4, 0.5) is 0 Å². The Labute approximate surface area is 397 Å². The summed E-state index contributed by atoms with van der Waals surface area (Å²) in [5, 5.41) is 8.68. The molecule has 0 bridgehead atoms. The number of carbonyl (C=O) groups is 7. The summed E-state index contributed by atoms with van der Waals surface area (Å²) in [7, 11) is 0. The smallest absolute Gasteiger partial charge is 0.240 e. The molecule has 0 aromatic rings. The molecule has 0 heterocycles. The van der Waals surface area contributed by atoms with E-state index in [0.717, 1.165) is 0 Å². The highest BCUT2D eigenvalue weighted by atomic mass is 16.2. The summed E-state index contributed by atoms with van der Waals surface area (Å²) in [5.41, 5.74) is 44.7. The Balaban J connectivity index is 6.38. The normalized spacial score (nSPS) is 12.6. The Morgan fingerprint density at radius 2 is 0.821 bits per heavy atom. The number of hydrogen-bond acceptors (Lipinski definition) is 12. The number of Topliss-reactive ketones (excluding diaryl/α,β-unsaturated/α-hetero) is 1. The zero-order valence-corrected chi connectivity index (χ0v) is 40.6. The van der Waals surface area contributed by atoms with Crippen LogP contribution in [0.15, 0.2) is 15.0 Å². The third-order valence-electron chi connectivity index (χ3n) is 10.6. The molecule has 0 unspecified atom stereocenters. The first-order valence-electron chi connectivity index (χ1n) is 23.6. The molecule has 0 fully saturated rings. The number of aliphatic imine (C=N–C) groups is 3. The highest BCUT2D eigenvalue weighted by Crippen LogP contribution is 2.11. The molecule has 24 heteroatoms. The minimum absolute atomic E-state index is 0.00382. The van der Waals surface area contributed by atoms with Crippen LogP contribution in [0.1, 0.15) is 124 Å². The molecular weight excluding hydrogens is 867 g/mol. The van der Waals surface area contributed by atoms with Gasteiger partial charge in [0.25, 0.3) is 0 Å². The van der Waals surface area contributed by atoms with E-state index in [9.17, 15) is 33.6 Å². The lowest BCUT2D eigenvalue weighted by molar-refractivity contribution is -0.138. The summed E-state index contributed by atoms with van der Waals surface area (Å²) in [4.78, 5) is 109. The van der Waals surface area contributed by atoms with Crippen LogP contribution in [0.25, 0.3) is 0 Å². The summed E-state index contributed by atoms with van der Waals surface area (Å²) >= 11 is 0. The summed E-state index contributed by atoms with van der Waals surface area (Å²) in [6.07, 6.45) is 6.90. The van der Waals surface area contributed by atoms with Crippen molar-refractivity contribution in [1.29, 1.82) is 0 Å². The van der Waals surface area contributed by atoms with E-state index in [2.05, 4.69) is 30.9 Å². The number of nitrogens with two attached hydrogens (primary N) is 8. The molecule has 0 radical (unpaired) electrons. The second kappa shape index (κ2) is 36.4. The zero-order valence-electron chi connectivity index (χ0n) is 40.6. The molecule has 0 aliphatic rings. The Kier molecular flexibility index (Phi) is 33.2. The molecule has 0 saturated carbocycles. The van der Waals surface area contributed by atoms with Crippen LogP contribution in [0, 0.1) is 0 Å². The van der Waals surface area contributed by atoms with Crippen LogP contribution in [-0.2, 0) is 33.6 Å². The van der Waals surface area contributed by atoms with Crippen LogP contribution in [0.2, 0.25) is 0 Å². The zero-order chi connectivity index (χ0) is 50.7. The van der Waals surface area contributed by atoms with Crippen molar-refractivity contribution in [3.8, 4) is 0 Å². The Morgan fingerprint density at radius 3 is 1.16 bits per heavy atom. The van der Waals surface area contributed by atoms with Gasteiger partial charge in [-0.1, -0.05) is 27.2 Å². The molecular formula is C43H85N17O7. The number of carbonyl (C=O) groups excluding carboxylic acids is 7. The van der Waals surface area contributed by atoms with Crippen molar-refractivity contribution >= 4 is 59.1 Å². The second-order valence-corrected chi connectivity index (χ2v) is 16.6. The molecule has 19 N–H and O–H groups in total. The molecule has 0 aromatic carbocycles. The van der Waals surface area contributed by atoms with Crippen molar-refractivity contribution < 1.29 is 33.6 Å². The van der Waals surface area contributed by atoms with Crippen molar-refractivity contribution in [2.45, 2.75) is 148 Å². The molecule has 24 nitrogen and oxygen atoms in total. The summed E-state index contributed by atoms with van der Waals surface area (Å²) < 4.78 is 0. The molecule has 0 rings (SSSR count). The minimum atomic E-state index is -0.738. The third-order valence-corrected chi connectivity index (χ3v) is 10.6. The van der Waals surface area contributed by atoms with Gasteiger partial charge in [-0.25, -0.2) is 0 Å². The average Bonchev–Trinajstić information content (AvgIpc) is 3.26. The summed E-state index contributed by atoms with van der Waals surface area (Å²) in [6, 6.07) is -2.46. The maximum atomic E-state index is 13.9. The number of guanidine groups is 3. The van der Waals surface area contributed by atoms with Gasteiger partial charge < -0.3 is 76.5 Å². The Morgan fingerprint density at radius 1 is 0.478 bits per heavy atom. The molecule has 0 saturated heterocycles. The number of unbranched alkanes of at least 4 members (excludes halogenated alkanes) is 4. The number of ketones is 1. The van der Waals surface area contributed by atoms with E-state index in [1.165, 1.54) is 21.6 Å². The first-order valence-corrected chi connectivity index (χ1v) is 23.6. The third kappa shape index (κ3) is 30.9. The maximum absolute atomic E-state index is 13.9. The lowest BCUT2D eigenvalue weighted by atomic mass is 10.1. The highest BCUT2D eigenvalue weighted by Gasteiger charge is 2.27. The van der Waals surface area contributed by atoms with Gasteiger partial charge in [0, 0.05) is 76.7 Å². The molecule has 67 heavy (non-hydrogen) atoms. The second-order valence-electron chi connectivity index (χ2n) is 16.6. The molecule has 4 atom stereocenters. The number of amides is 6. The van der Waals surface area contributed by atoms with Gasteiger partial charge in [-0.15, -0.1) is 0 Å². The predicted molar refractivity (Wildman–Crippen MR) is 262 cm³/mol. The Hall–Kier alpha value is -5.78. The molecule has 0 aliphatic heterocycles. The monoisotopic (exact) mass is 952 g/mol. The van der Waals surface area contributed by atoms with Gasteiger partial charge in [-0.3, -0.25) is 48.5 Å². The predicted octanol–water partition coefficient (Wildman–Crippen LogP) is -2.47. The maximum Gasteiger partial charge on any atom is 0.240 e. The highest BCUT2D eigenvalue weighted by molar-refractivity contribution is 5.90. The van der Waals surface area contributed by atoms with E-state index in [-0.39, 0.29) is 99.9 Å². The lowest BCUT2D eigenvalue weighted by Gasteiger charge is -2.31. The van der Waals surface area contributed by atoms with Crippen LogP contribution in [-0.4, -0.2) is 163 Å². The fourth-order valence-corrected chi connectivity index (χ4v) is 7.08. The van der Waals surface area contributed by atoms with Crippen molar-refractivity contribution in [3.63, 3.8) is 0 Å². The number of hydrogen-bond donors (Lipinski definition) is 11. The first-order chi connectivity index (χ1) is 31.8. The fourth-order valence-electron chi connectivity index (χ4n) is 7.08. The molecule has 0 spiro atoms. The standard InChI is InChI=1S/C43H85N17O7/c1-5-38(65)58(24-31(45)16-9-13-21-52-41(46)47)27-35(62)55-32(17-10-14-22-53-42(48)49)25-59(39(66)6-2)28-36(63)56-33(18-11-15-23-54-43(50)51)26-60(40(67)7-3)29-37(64)57-34(30(4)61)19-8-12-20-44/h31-34H,5-29,44-45H2,1-4H3,(H,55,62)(H,56,63)(H,57,64)(H4,46,47,52)(H4,48,49,53)(H4,50,51,54)/t31-,32-,33-,34-/m0/s1. The summed E-state index contributed by atoms with van der Waals surface area (Å²) in [6.45, 7) is 6.98. The molecule has 6 amide bonds. The molecule has 0 aromatic heterocycles. The van der Waals surface area contributed by atoms with Crippen LogP contribution in [0.3, 0.4) is 0 Å². The van der Waals surface area contributed by atoms with Gasteiger partial charge in [0.05, 0.1) is 25.7 Å². The SMILES string of the molecule is CCC(=O)N(CC(=O)N[C@@H](CCCCN=C(N)N)CN(CC(=O)N[C@@H](CCCCN=C(N)N)CN(CC(=O)N[C@@H](CCCCN)C(C)=O)C(=O)CC)C(=O)CC)C[C@@H](N)CCCCN=C(N)N. The van der Waals surface area contributed by atoms with E-state index in [4.69, 9.17) is 45.9 Å². The molecule has 0 aliphatic carbocycles. The van der Waals surface area contributed by atoms with E-state index < -0.39 is 41.9 Å². The number of nitrogens with zero attached hydrogens (tertiary/aromatic N) is 6. The van der Waals surface area contributed by atoms with Gasteiger partial charge in [0.1, 0.15) is 0 Å². The van der Waals surface area contributed by atoms with E-state index in [1.807, 2.05) is 0 Å². The Bertz CT molecular complexity index is 1600. The van der Waals surface area contributed by atoms with Crippen molar-refractivity contribution in [1.82, 2.24) is 30.7 Å². The van der Waals surface area contributed by atoms with Crippen LogP contribution in [0.5, 0.6) is 0 Å². The van der Waals surface area contributed by atoms with Crippen molar-refractivity contribution in [2.75, 3.05) is 65.4 Å². The van der Waals surface area contributed by atoms with Crippen molar-refractivity contribution in [2.24, 2.45) is 60.8 Å².